The number of amides is 2. The zero-order chi connectivity index (χ0) is 26.5. The normalized spacial score (nSPS) is 14.1. The molecule has 192 valence electrons. The van der Waals surface area contributed by atoms with E-state index in [2.05, 4.69) is 25.2 Å². The summed E-state index contributed by atoms with van der Waals surface area (Å²) in [6.45, 7) is 2.09. The smallest absolute Gasteiger partial charge is 0.417 e. The molecule has 0 atom stereocenters. The summed E-state index contributed by atoms with van der Waals surface area (Å²) in [6, 6.07) is 4.61. The number of rotatable bonds is 4. The van der Waals surface area contributed by atoms with Crippen LogP contribution in [-0.2, 0) is 10.9 Å². The van der Waals surface area contributed by atoms with Crippen LogP contribution in [0.4, 0.5) is 28.0 Å². The number of hydrogen-bond acceptors (Lipinski definition) is 7. The number of fused-ring (bicyclic) bond motifs is 1. The summed E-state index contributed by atoms with van der Waals surface area (Å²) >= 11 is 0. The van der Waals surface area contributed by atoms with E-state index in [0.717, 1.165) is 28.9 Å². The molecule has 1 aromatic carbocycles. The maximum Gasteiger partial charge on any atom is 0.417 e. The van der Waals surface area contributed by atoms with Crippen LogP contribution in [0.1, 0.15) is 33.4 Å². The largest absolute Gasteiger partial charge is 0.453 e. The zero-order valence-corrected chi connectivity index (χ0v) is 19.3. The Labute approximate surface area is 205 Å². The highest BCUT2D eigenvalue weighted by atomic mass is 19.4. The minimum atomic E-state index is -4.61. The zero-order valence-electron chi connectivity index (χ0n) is 19.3. The van der Waals surface area contributed by atoms with E-state index in [0.29, 0.717) is 13.1 Å². The fraction of sp³-hybridized carbons (Fsp3) is 0.261. The standard InChI is InChI=1S/C23H18F4N6O4/c1-11-15(24)5-12(19-30-21(37-31-19)13-8-32(9-13)22(35)36-2)6-16(11)29-20(34)17-7-28-18-4-3-14(10-33(17)18)23(25,26)27/h3-7,10,13H,8-9H2,1-2H3,(H,29,34). The Morgan fingerprint density at radius 2 is 1.97 bits per heavy atom. The molecule has 37 heavy (non-hydrogen) atoms. The average molecular weight is 518 g/mol. The van der Waals surface area contributed by atoms with E-state index in [1.54, 1.807) is 0 Å². The van der Waals surface area contributed by atoms with Gasteiger partial charge in [0.25, 0.3) is 5.91 Å². The predicted molar refractivity (Wildman–Crippen MR) is 119 cm³/mol. The molecule has 3 aromatic heterocycles. The second kappa shape index (κ2) is 8.87. The van der Waals surface area contributed by atoms with Crippen molar-refractivity contribution < 1.29 is 36.4 Å². The summed E-state index contributed by atoms with van der Waals surface area (Å²) < 4.78 is 65.1. The first-order chi connectivity index (χ1) is 17.5. The number of imidazole rings is 1. The quantitative estimate of drug-likeness (QED) is 0.401. The van der Waals surface area contributed by atoms with Crippen LogP contribution >= 0.6 is 0 Å². The molecule has 0 bridgehead atoms. The van der Waals surface area contributed by atoms with E-state index in [-0.39, 0.29) is 45.8 Å². The molecule has 1 aliphatic heterocycles. The molecule has 1 saturated heterocycles. The molecule has 1 fully saturated rings. The van der Waals surface area contributed by atoms with Crippen LogP contribution in [0.2, 0.25) is 0 Å². The summed E-state index contributed by atoms with van der Waals surface area (Å²) in [5.41, 5.74) is -0.628. The number of hydrogen-bond donors (Lipinski definition) is 1. The number of methoxy groups -OCH3 is 1. The first-order valence-corrected chi connectivity index (χ1v) is 10.9. The van der Waals surface area contributed by atoms with Gasteiger partial charge in [-0.25, -0.2) is 14.2 Å². The van der Waals surface area contributed by atoms with E-state index >= 15 is 0 Å². The van der Waals surface area contributed by atoms with Gasteiger partial charge < -0.3 is 19.5 Å². The number of anilines is 1. The average Bonchev–Trinajstić information content (AvgIpc) is 3.47. The third kappa shape index (κ3) is 4.45. The maximum absolute atomic E-state index is 14.7. The third-order valence-electron chi connectivity index (χ3n) is 6.02. The summed E-state index contributed by atoms with van der Waals surface area (Å²) in [4.78, 5) is 34.2. The van der Waals surface area contributed by atoms with Crippen LogP contribution in [0.15, 0.2) is 41.2 Å². The lowest BCUT2D eigenvalue weighted by Crippen LogP contribution is -2.48. The number of carbonyl (C=O) groups is 2. The Kier molecular flexibility index (Phi) is 5.80. The molecule has 14 heteroatoms. The van der Waals surface area contributed by atoms with Crippen molar-refractivity contribution >= 4 is 23.3 Å². The van der Waals surface area contributed by atoms with Crippen LogP contribution in [0.25, 0.3) is 17.0 Å². The first-order valence-electron chi connectivity index (χ1n) is 10.9. The Morgan fingerprint density at radius 3 is 2.68 bits per heavy atom. The molecule has 0 unspecified atom stereocenters. The Hall–Kier alpha value is -4.49. The molecular weight excluding hydrogens is 500 g/mol. The maximum atomic E-state index is 14.7. The first kappa shape index (κ1) is 24.2. The van der Waals surface area contributed by atoms with Crippen molar-refractivity contribution in [1.29, 1.82) is 0 Å². The Morgan fingerprint density at radius 1 is 1.22 bits per heavy atom. The van der Waals surface area contributed by atoms with Crippen molar-refractivity contribution in [3.8, 4) is 11.4 Å². The van der Waals surface area contributed by atoms with Gasteiger partial charge in [-0.05, 0) is 31.2 Å². The van der Waals surface area contributed by atoms with Gasteiger partial charge in [-0.3, -0.25) is 9.20 Å². The molecule has 4 heterocycles. The van der Waals surface area contributed by atoms with Crippen molar-refractivity contribution in [2.45, 2.75) is 19.0 Å². The third-order valence-corrected chi connectivity index (χ3v) is 6.02. The molecule has 0 radical (unpaired) electrons. The SMILES string of the molecule is COC(=O)N1CC(c2nc(-c3cc(F)c(C)c(NC(=O)c4cnc5ccc(C(F)(F)F)cn45)c3)no2)C1. The predicted octanol–water partition coefficient (Wildman–Crippen LogP) is 4.27. The van der Waals surface area contributed by atoms with Crippen molar-refractivity contribution in [3.05, 3.63) is 65.2 Å². The number of nitrogens with one attached hydrogen (secondary N) is 1. The Bertz CT molecular complexity index is 1520. The second-order valence-corrected chi connectivity index (χ2v) is 8.40. The molecule has 0 aliphatic carbocycles. The number of benzene rings is 1. The van der Waals surface area contributed by atoms with E-state index in [4.69, 9.17) is 4.52 Å². The van der Waals surface area contributed by atoms with Gasteiger partial charge in [0.05, 0.1) is 24.8 Å². The number of carbonyl (C=O) groups excluding carboxylic acids is 2. The minimum absolute atomic E-state index is 0.0607. The summed E-state index contributed by atoms with van der Waals surface area (Å²) in [6.07, 6.45) is -3.19. The lowest BCUT2D eigenvalue weighted by Gasteiger charge is -2.35. The molecule has 0 saturated carbocycles. The number of alkyl halides is 3. The van der Waals surface area contributed by atoms with Crippen molar-refractivity contribution in [3.63, 3.8) is 0 Å². The van der Waals surface area contributed by atoms with Crippen LogP contribution in [0.5, 0.6) is 0 Å². The second-order valence-electron chi connectivity index (χ2n) is 8.40. The molecule has 1 N–H and O–H groups in total. The van der Waals surface area contributed by atoms with Crippen LogP contribution in [-0.4, -0.2) is 56.6 Å². The van der Waals surface area contributed by atoms with Gasteiger partial charge >= 0.3 is 12.3 Å². The molecule has 0 spiro atoms. The highest BCUT2D eigenvalue weighted by molar-refractivity contribution is 6.04. The molecule has 10 nitrogen and oxygen atoms in total. The number of ether oxygens (including phenoxy) is 1. The molecule has 1 aliphatic rings. The fourth-order valence-corrected chi connectivity index (χ4v) is 3.87. The topological polar surface area (TPSA) is 115 Å². The molecular formula is C23H18F4N6O4. The van der Waals surface area contributed by atoms with Crippen molar-refractivity contribution in [2.75, 3.05) is 25.5 Å². The molecule has 2 amide bonds. The van der Waals surface area contributed by atoms with Gasteiger partial charge in [0.15, 0.2) is 0 Å². The van der Waals surface area contributed by atoms with Gasteiger partial charge in [-0.15, -0.1) is 0 Å². The number of likely N-dealkylation sites (tertiary alicyclic amines) is 1. The van der Waals surface area contributed by atoms with Crippen molar-refractivity contribution in [1.82, 2.24) is 24.4 Å². The van der Waals surface area contributed by atoms with Gasteiger partial charge in [0.1, 0.15) is 17.2 Å². The van der Waals surface area contributed by atoms with Gasteiger partial charge in [0, 0.05) is 36.1 Å². The number of aromatic nitrogens is 4. The molecule has 4 aromatic rings. The van der Waals surface area contributed by atoms with Crippen LogP contribution < -0.4 is 5.32 Å². The van der Waals surface area contributed by atoms with Gasteiger partial charge in [-0.1, -0.05) is 5.16 Å². The van der Waals surface area contributed by atoms with Crippen LogP contribution in [0, 0.1) is 12.7 Å². The van der Waals surface area contributed by atoms with Crippen molar-refractivity contribution in [2.24, 2.45) is 0 Å². The lowest BCUT2D eigenvalue weighted by atomic mass is 10.0. The fourth-order valence-electron chi connectivity index (χ4n) is 3.87. The number of nitrogens with zero attached hydrogens (tertiary/aromatic N) is 5. The lowest BCUT2D eigenvalue weighted by molar-refractivity contribution is -0.137. The highest BCUT2D eigenvalue weighted by Gasteiger charge is 2.36. The summed E-state index contributed by atoms with van der Waals surface area (Å²) in [5.74, 6) is -1.35. The van der Waals surface area contributed by atoms with Gasteiger partial charge in [-0.2, -0.15) is 18.2 Å². The highest BCUT2D eigenvalue weighted by Crippen LogP contribution is 2.32. The van der Waals surface area contributed by atoms with Gasteiger partial charge in [0.2, 0.25) is 11.7 Å². The number of halogens is 4. The van der Waals surface area contributed by atoms with E-state index in [1.165, 1.54) is 31.1 Å². The van der Waals surface area contributed by atoms with Crippen LogP contribution in [0.3, 0.4) is 0 Å². The van der Waals surface area contributed by atoms with E-state index in [1.807, 2.05) is 0 Å². The number of pyridine rings is 1. The molecule has 5 rings (SSSR count). The Balaban J connectivity index is 1.39. The summed E-state index contributed by atoms with van der Waals surface area (Å²) in [7, 11) is 1.28. The van der Waals surface area contributed by atoms with E-state index in [9.17, 15) is 27.2 Å². The van der Waals surface area contributed by atoms with E-state index < -0.39 is 29.6 Å². The summed E-state index contributed by atoms with van der Waals surface area (Å²) in [5, 5.41) is 6.40. The monoisotopic (exact) mass is 518 g/mol. The minimum Gasteiger partial charge on any atom is -0.453 e.